The highest BCUT2D eigenvalue weighted by molar-refractivity contribution is 7.90. The third kappa shape index (κ3) is 7.87. The minimum absolute atomic E-state index is 0.0404. The zero-order valence-electron chi connectivity index (χ0n) is 23.4. The summed E-state index contributed by atoms with van der Waals surface area (Å²) >= 11 is 6.52. The third-order valence-electron chi connectivity index (χ3n) is 7.33. The summed E-state index contributed by atoms with van der Waals surface area (Å²) in [5, 5.41) is 3.62. The van der Waals surface area contributed by atoms with Gasteiger partial charge in [-0.3, -0.25) is 9.59 Å². The highest BCUT2D eigenvalue weighted by Crippen LogP contribution is 2.24. The molecule has 0 radical (unpaired) electrons. The minimum atomic E-state index is -4.03. The van der Waals surface area contributed by atoms with E-state index in [0.717, 1.165) is 39.9 Å². The third-order valence-corrected chi connectivity index (χ3v) is 9.52. The lowest BCUT2D eigenvalue weighted by atomic mass is 10.0. The summed E-state index contributed by atoms with van der Waals surface area (Å²) in [6.07, 6.45) is 4.15. The van der Waals surface area contributed by atoms with Gasteiger partial charge in [0.25, 0.3) is 0 Å². The highest BCUT2D eigenvalue weighted by Gasteiger charge is 2.35. The molecule has 41 heavy (non-hydrogen) atoms. The van der Waals surface area contributed by atoms with Gasteiger partial charge in [-0.15, -0.1) is 0 Å². The van der Waals surface area contributed by atoms with Gasteiger partial charge in [-0.25, -0.2) is 4.31 Å². The van der Waals surface area contributed by atoms with Crippen LogP contribution in [0.2, 0.25) is 5.02 Å². The van der Waals surface area contributed by atoms with Crippen LogP contribution in [-0.2, 0) is 32.8 Å². The predicted octanol–water partition coefficient (Wildman–Crippen LogP) is 4.65. The predicted molar refractivity (Wildman–Crippen MR) is 163 cm³/mol. The first-order chi connectivity index (χ1) is 19.7. The molecule has 1 unspecified atom stereocenters. The standard InChI is InChI=1S/C31H37ClN4O4S/c1-34(2)41(39,40)36(27-18-7-4-8-19-27)23-30(37)35(22-25-15-9-12-20-28(25)32)29(21-24-13-5-3-6-14-24)31(38)33-26-16-10-11-17-26/h3-9,12-15,18-20,26,29H,10-11,16-17,21-23H2,1-2H3,(H,33,38). The molecule has 1 saturated carbocycles. The average Bonchev–Trinajstić information content (AvgIpc) is 3.48. The van der Waals surface area contributed by atoms with Crippen molar-refractivity contribution in [1.82, 2.24) is 14.5 Å². The summed E-state index contributed by atoms with van der Waals surface area (Å²) in [5.41, 5.74) is 1.90. The second-order valence-electron chi connectivity index (χ2n) is 10.4. The van der Waals surface area contributed by atoms with Crippen molar-refractivity contribution in [2.45, 2.75) is 50.7 Å². The molecule has 4 rings (SSSR count). The van der Waals surface area contributed by atoms with Gasteiger partial charge in [0.15, 0.2) is 0 Å². The molecular weight excluding hydrogens is 560 g/mol. The summed E-state index contributed by atoms with van der Waals surface area (Å²) in [5.74, 6) is -0.774. The minimum Gasteiger partial charge on any atom is -0.352 e. The van der Waals surface area contributed by atoms with E-state index < -0.39 is 28.7 Å². The monoisotopic (exact) mass is 596 g/mol. The number of hydrogen-bond donors (Lipinski definition) is 1. The second-order valence-corrected chi connectivity index (χ2v) is 12.9. The maximum absolute atomic E-state index is 14.3. The second kappa shape index (κ2) is 14.0. The number of para-hydroxylation sites is 1. The van der Waals surface area contributed by atoms with Crippen LogP contribution in [0.4, 0.5) is 5.69 Å². The number of nitrogens with one attached hydrogen (secondary N) is 1. The van der Waals surface area contributed by atoms with E-state index in [1.165, 1.54) is 19.0 Å². The summed E-state index contributed by atoms with van der Waals surface area (Å²) in [4.78, 5) is 29.6. The number of amides is 2. The molecule has 0 heterocycles. The van der Waals surface area contributed by atoms with Crippen LogP contribution in [0.5, 0.6) is 0 Å². The van der Waals surface area contributed by atoms with E-state index in [2.05, 4.69) is 5.32 Å². The Hall–Kier alpha value is -3.40. The zero-order valence-corrected chi connectivity index (χ0v) is 25.0. The van der Waals surface area contributed by atoms with Crippen LogP contribution in [0.3, 0.4) is 0 Å². The quantitative estimate of drug-likeness (QED) is 0.330. The fourth-order valence-electron chi connectivity index (χ4n) is 5.04. The lowest BCUT2D eigenvalue weighted by Gasteiger charge is -2.35. The van der Waals surface area contributed by atoms with Crippen molar-refractivity contribution in [1.29, 1.82) is 0 Å². The molecule has 10 heteroatoms. The van der Waals surface area contributed by atoms with E-state index in [4.69, 9.17) is 11.6 Å². The van der Waals surface area contributed by atoms with Crippen molar-refractivity contribution in [2.24, 2.45) is 0 Å². The lowest BCUT2D eigenvalue weighted by molar-refractivity contribution is -0.140. The Morgan fingerprint density at radius 3 is 2.10 bits per heavy atom. The van der Waals surface area contributed by atoms with Gasteiger partial charge < -0.3 is 10.2 Å². The van der Waals surface area contributed by atoms with Crippen molar-refractivity contribution < 1.29 is 18.0 Å². The Balaban J connectivity index is 1.75. The lowest BCUT2D eigenvalue weighted by Crippen LogP contribution is -2.55. The molecule has 0 bridgehead atoms. The summed E-state index contributed by atoms with van der Waals surface area (Å²) < 4.78 is 29.0. The Morgan fingerprint density at radius 2 is 1.49 bits per heavy atom. The van der Waals surface area contributed by atoms with E-state index in [-0.39, 0.29) is 24.9 Å². The number of carbonyl (C=O) groups is 2. The van der Waals surface area contributed by atoms with Gasteiger partial charge in [-0.1, -0.05) is 91.2 Å². The number of rotatable bonds is 12. The van der Waals surface area contributed by atoms with Crippen molar-refractivity contribution in [3.8, 4) is 0 Å². The van der Waals surface area contributed by atoms with Gasteiger partial charge in [-0.2, -0.15) is 12.7 Å². The number of nitrogens with zero attached hydrogens (tertiary/aromatic N) is 3. The molecule has 1 atom stereocenters. The maximum Gasteiger partial charge on any atom is 0.304 e. The smallest absolute Gasteiger partial charge is 0.304 e. The van der Waals surface area contributed by atoms with Gasteiger partial charge in [0, 0.05) is 38.1 Å². The first-order valence-electron chi connectivity index (χ1n) is 13.8. The largest absolute Gasteiger partial charge is 0.352 e. The fraction of sp³-hybridized carbons (Fsp3) is 0.355. The molecule has 1 aliphatic carbocycles. The summed E-state index contributed by atoms with van der Waals surface area (Å²) in [7, 11) is -1.19. The maximum atomic E-state index is 14.3. The molecule has 1 N–H and O–H groups in total. The van der Waals surface area contributed by atoms with Crippen molar-refractivity contribution >= 4 is 39.3 Å². The molecule has 0 spiro atoms. The van der Waals surface area contributed by atoms with E-state index in [9.17, 15) is 18.0 Å². The Bertz CT molecular complexity index is 1410. The first kappa shape index (κ1) is 30.6. The molecule has 1 fully saturated rings. The Kier molecular flexibility index (Phi) is 10.4. The molecule has 1 aliphatic rings. The van der Waals surface area contributed by atoms with Crippen LogP contribution in [0.25, 0.3) is 0 Å². The summed E-state index contributed by atoms with van der Waals surface area (Å²) in [6.45, 7) is -0.449. The van der Waals surface area contributed by atoms with Gasteiger partial charge >= 0.3 is 10.2 Å². The van der Waals surface area contributed by atoms with Gasteiger partial charge in [0.1, 0.15) is 12.6 Å². The van der Waals surface area contributed by atoms with Crippen LogP contribution >= 0.6 is 11.6 Å². The topological polar surface area (TPSA) is 90.0 Å². The van der Waals surface area contributed by atoms with E-state index >= 15 is 0 Å². The molecule has 218 valence electrons. The number of benzene rings is 3. The molecule has 3 aromatic rings. The van der Waals surface area contributed by atoms with Crippen LogP contribution in [0, 0.1) is 0 Å². The number of hydrogen-bond acceptors (Lipinski definition) is 4. The SMILES string of the molecule is CN(C)S(=O)(=O)N(CC(=O)N(Cc1ccccc1Cl)C(Cc1ccccc1)C(=O)NC1CCCC1)c1ccccc1. The van der Waals surface area contributed by atoms with Crippen LogP contribution in [-0.4, -0.2) is 62.2 Å². The van der Waals surface area contributed by atoms with Crippen LogP contribution in [0.1, 0.15) is 36.8 Å². The highest BCUT2D eigenvalue weighted by atomic mass is 35.5. The molecule has 0 aliphatic heterocycles. The number of carbonyl (C=O) groups excluding carboxylic acids is 2. The summed E-state index contributed by atoms with van der Waals surface area (Å²) in [6, 6.07) is 24.3. The van der Waals surface area contributed by atoms with Gasteiger partial charge in [0.2, 0.25) is 11.8 Å². The molecule has 0 saturated heterocycles. The van der Waals surface area contributed by atoms with Crippen molar-refractivity contribution in [3.63, 3.8) is 0 Å². The molecule has 8 nitrogen and oxygen atoms in total. The normalized spacial score (nSPS) is 14.5. The van der Waals surface area contributed by atoms with Crippen molar-refractivity contribution in [2.75, 3.05) is 24.9 Å². The van der Waals surface area contributed by atoms with Crippen molar-refractivity contribution in [3.05, 3.63) is 101 Å². The first-order valence-corrected chi connectivity index (χ1v) is 15.6. The average molecular weight is 597 g/mol. The van der Waals surface area contributed by atoms with E-state index in [1.54, 1.807) is 42.5 Å². The molecular formula is C31H37ClN4O4S. The molecule has 0 aromatic heterocycles. The number of halogens is 1. The number of anilines is 1. The Morgan fingerprint density at radius 1 is 0.902 bits per heavy atom. The molecule has 3 aromatic carbocycles. The van der Waals surface area contributed by atoms with Gasteiger partial charge in [-0.05, 0) is 42.2 Å². The van der Waals surface area contributed by atoms with Gasteiger partial charge in [0.05, 0.1) is 5.69 Å². The zero-order chi connectivity index (χ0) is 29.4. The van der Waals surface area contributed by atoms with E-state index in [1.807, 2.05) is 42.5 Å². The molecule has 2 amide bonds. The van der Waals surface area contributed by atoms with Crippen LogP contribution < -0.4 is 9.62 Å². The Labute approximate surface area is 248 Å². The van der Waals surface area contributed by atoms with E-state index in [0.29, 0.717) is 16.3 Å². The fourth-order valence-corrected chi connectivity index (χ4v) is 6.29. The van der Waals surface area contributed by atoms with Crippen LogP contribution in [0.15, 0.2) is 84.9 Å².